The quantitative estimate of drug-likeness (QED) is 0.833. The van der Waals surface area contributed by atoms with Gasteiger partial charge >= 0.3 is 0 Å². The zero-order valence-electron chi connectivity index (χ0n) is 10.5. The van der Waals surface area contributed by atoms with Gasteiger partial charge in [0.15, 0.2) is 0 Å². The Morgan fingerprint density at radius 2 is 1.78 bits per heavy atom. The molecule has 0 unspecified atom stereocenters. The van der Waals surface area contributed by atoms with Gasteiger partial charge in [0.25, 0.3) is 0 Å². The molecule has 2 aromatic rings. The van der Waals surface area contributed by atoms with Crippen LogP contribution in [0, 0.1) is 0 Å². The molecular weight excluding hydrogens is 246 g/mol. The number of ether oxygens (including phenoxy) is 1. The lowest BCUT2D eigenvalue weighted by atomic mass is 10.0. The molecule has 2 nitrogen and oxygen atoms in total. The Morgan fingerprint density at radius 3 is 2.50 bits per heavy atom. The molecule has 94 valence electrons. The Hall–Kier alpha value is -1.67. The highest BCUT2D eigenvalue weighted by molar-refractivity contribution is 6.31. The third-order valence-corrected chi connectivity index (χ3v) is 2.79. The van der Waals surface area contributed by atoms with Crippen molar-refractivity contribution in [3.63, 3.8) is 0 Å². The van der Waals surface area contributed by atoms with Gasteiger partial charge < -0.3 is 10.5 Å². The van der Waals surface area contributed by atoms with Crippen LogP contribution in [0.4, 0.5) is 5.69 Å². The van der Waals surface area contributed by atoms with E-state index in [0.29, 0.717) is 10.7 Å². The summed E-state index contributed by atoms with van der Waals surface area (Å²) in [7, 11) is 0. The van der Waals surface area contributed by atoms with Gasteiger partial charge in [0.05, 0.1) is 6.10 Å². The van der Waals surface area contributed by atoms with Gasteiger partial charge in [-0.2, -0.15) is 0 Å². The summed E-state index contributed by atoms with van der Waals surface area (Å²) in [5.41, 5.74) is 8.57. The molecule has 0 saturated heterocycles. The highest BCUT2D eigenvalue weighted by Gasteiger charge is 2.10. The largest absolute Gasteiger partial charge is 0.490 e. The van der Waals surface area contributed by atoms with E-state index in [2.05, 4.69) is 0 Å². The van der Waals surface area contributed by atoms with E-state index in [9.17, 15) is 0 Å². The monoisotopic (exact) mass is 261 g/mol. The third-order valence-electron chi connectivity index (χ3n) is 2.56. The number of nitrogen functional groups attached to an aromatic ring is 1. The molecule has 0 aliphatic heterocycles. The van der Waals surface area contributed by atoms with Crippen LogP contribution in [0.25, 0.3) is 11.1 Å². The van der Waals surface area contributed by atoms with Gasteiger partial charge in [-0.1, -0.05) is 29.8 Å². The predicted molar refractivity (Wildman–Crippen MR) is 77.1 cm³/mol. The smallest absolute Gasteiger partial charge is 0.127 e. The van der Waals surface area contributed by atoms with E-state index in [4.69, 9.17) is 22.1 Å². The van der Waals surface area contributed by atoms with Crippen molar-refractivity contribution in [1.29, 1.82) is 0 Å². The van der Waals surface area contributed by atoms with Crippen molar-refractivity contribution < 1.29 is 4.74 Å². The van der Waals surface area contributed by atoms with E-state index in [-0.39, 0.29) is 6.10 Å². The van der Waals surface area contributed by atoms with E-state index in [1.165, 1.54) is 0 Å². The summed E-state index contributed by atoms with van der Waals surface area (Å²) in [5.74, 6) is 0.821. The molecule has 2 aromatic carbocycles. The maximum Gasteiger partial charge on any atom is 0.127 e. The van der Waals surface area contributed by atoms with E-state index in [1.807, 2.05) is 50.2 Å². The summed E-state index contributed by atoms with van der Waals surface area (Å²) < 4.78 is 5.80. The number of halogens is 1. The molecule has 0 fully saturated rings. The fourth-order valence-corrected chi connectivity index (χ4v) is 1.98. The zero-order valence-corrected chi connectivity index (χ0v) is 11.2. The van der Waals surface area contributed by atoms with Gasteiger partial charge in [-0.3, -0.25) is 0 Å². The molecule has 0 aliphatic rings. The predicted octanol–water partition coefficient (Wildman–Crippen LogP) is 4.38. The van der Waals surface area contributed by atoms with Gasteiger partial charge in [-0.05, 0) is 38.1 Å². The number of rotatable bonds is 3. The Morgan fingerprint density at radius 1 is 1.06 bits per heavy atom. The number of hydrogen-bond acceptors (Lipinski definition) is 2. The molecule has 0 atom stereocenters. The highest BCUT2D eigenvalue weighted by atomic mass is 35.5. The lowest BCUT2D eigenvalue weighted by Gasteiger charge is -2.15. The first kappa shape index (κ1) is 12.8. The Kier molecular flexibility index (Phi) is 3.78. The van der Waals surface area contributed by atoms with Crippen LogP contribution in [0.1, 0.15) is 13.8 Å². The maximum absolute atomic E-state index is 6.03. The van der Waals surface area contributed by atoms with Crippen molar-refractivity contribution in [2.75, 3.05) is 5.73 Å². The van der Waals surface area contributed by atoms with Gasteiger partial charge in [-0.15, -0.1) is 0 Å². The van der Waals surface area contributed by atoms with Gasteiger partial charge in [0.1, 0.15) is 5.75 Å². The van der Waals surface area contributed by atoms with Crippen molar-refractivity contribution in [1.82, 2.24) is 0 Å². The molecule has 0 saturated carbocycles. The lowest BCUT2D eigenvalue weighted by molar-refractivity contribution is 0.243. The normalized spacial score (nSPS) is 10.7. The van der Waals surface area contributed by atoms with Gasteiger partial charge in [0.2, 0.25) is 0 Å². The van der Waals surface area contributed by atoms with Crippen molar-refractivity contribution in [2.45, 2.75) is 20.0 Å². The van der Waals surface area contributed by atoms with Gasteiger partial charge in [0, 0.05) is 21.8 Å². The van der Waals surface area contributed by atoms with Crippen LogP contribution in [0.2, 0.25) is 5.02 Å². The summed E-state index contributed by atoms with van der Waals surface area (Å²) in [6.07, 6.45) is 0.117. The summed E-state index contributed by atoms with van der Waals surface area (Å²) in [4.78, 5) is 0. The molecule has 0 spiro atoms. The summed E-state index contributed by atoms with van der Waals surface area (Å²) in [6.45, 7) is 4.00. The van der Waals surface area contributed by atoms with Crippen LogP contribution >= 0.6 is 11.6 Å². The van der Waals surface area contributed by atoms with Crippen LogP contribution < -0.4 is 10.5 Å². The number of benzene rings is 2. The zero-order chi connectivity index (χ0) is 13.1. The molecule has 0 aromatic heterocycles. The number of hydrogen-bond donors (Lipinski definition) is 1. The van der Waals surface area contributed by atoms with Crippen LogP contribution in [0.3, 0.4) is 0 Å². The Balaban J connectivity index is 2.53. The second-order valence-electron chi connectivity index (χ2n) is 4.39. The van der Waals surface area contributed by atoms with Crippen LogP contribution in [0.5, 0.6) is 5.75 Å². The van der Waals surface area contributed by atoms with E-state index < -0.39 is 0 Å². The summed E-state index contributed by atoms with van der Waals surface area (Å²) >= 11 is 6.03. The first-order valence-corrected chi connectivity index (χ1v) is 6.27. The molecule has 0 aliphatic carbocycles. The second-order valence-corrected chi connectivity index (χ2v) is 4.83. The SMILES string of the molecule is CC(C)Oc1ccccc1-c1cc(Cl)ccc1N. The van der Waals surface area contributed by atoms with Crippen molar-refractivity contribution in [2.24, 2.45) is 0 Å². The number of anilines is 1. The third kappa shape index (κ3) is 2.77. The van der Waals surface area contributed by atoms with Crippen molar-refractivity contribution in [3.8, 4) is 16.9 Å². The van der Waals surface area contributed by atoms with E-state index in [1.54, 1.807) is 6.07 Å². The van der Waals surface area contributed by atoms with Crippen LogP contribution in [0.15, 0.2) is 42.5 Å². The molecule has 0 radical (unpaired) electrons. The standard InChI is InChI=1S/C15H16ClNO/c1-10(2)18-15-6-4-3-5-12(15)13-9-11(16)7-8-14(13)17/h3-10H,17H2,1-2H3. The lowest BCUT2D eigenvalue weighted by Crippen LogP contribution is -2.06. The minimum absolute atomic E-state index is 0.117. The number of para-hydroxylation sites is 1. The van der Waals surface area contributed by atoms with Crippen LogP contribution in [-0.2, 0) is 0 Å². The first-order valence-electron chi connectivity index (χ1n) is 5.89. The van der Waals surface area contributed by atoms with E-state index >= 15 is 0 Å². The highest BCUT2D eigenvalue weighted by Crippen LogP contribution is 2.35. The Bertz CT molecular complexity index is 552. The molecular formula is C15H16ClNO. The fraction of sp³-hybridized carbons (Fsp3) is 0.200. The van der Waals surface area contributed by atoms with Crippen molar-refractivity contribution in [3.05, 3.63) is 47.5 Å². The molecule has 18 heavy (non-hydrogen) atoms. The minimum atomic E-state index is 0.117. The summed E-state index contributed by atoms with van der Waals surface area (Å²) in [6, 6.07) is 13.3. The minimum Gasteiger partial charge on any atom is -0.490 e. The van der Waals surface area contributed by atoms with Crippen LogP contribution in [-0.4, -0.2) is 6.10 Å². The molecule has 0 amide bonds. The number of nitrogens with two attached hydrogens (primary N) is 1. The molecule has 0 bridgehead atoms. The average molecular weight is 262 g/mol. The molecule has 0 heterocycles. The van der Waals surface area contributed by atoms with E-state index in [0.717, 1.165) is 16.9 Å². The summed E-state index contributed by atoms with van der Waals surface area (Å²) in [5, 5.41) is 0.665. The maximum atomic E-state index is 6.03. The second kappa shape index (κ2) is 5.32. The molecule has 3 heteroatoms. The Labute approximate surface area is 112 Å². The van der Waals surface area contributed by atoms with Gasteiger partial charge in [-0.25, -0.2) is 0 Å². The fourth-order valence-electron chi connectivity index (χ4n) is 1.81. The first-order chi connectivity index (χ1) is 8.58. The topological polar surface area (TPSA) is 35.2 Å². The van der Waals surface area contributed by atoms with Crippen molar-refractivity contribution >= 4 is 17.3 Å². The molecule has 2 N–H and O–H groups in total. The average Bonchev–Trinajstić information content (AvgIpc) is 2.32. The molecule has 2 rings (SSSR count).